The average Bonchev–Trinajstić information content (AvgIpc) is 3.14. The summed E-state index contributed by atoms with van der Waals surface area (Å²) in [5, 5.41) is 11.4. The van der Waals surface area contributed by atoms with Crippen LogP contribution in [-0.4, -0.2) is 25.5 Å². The summed E-state index contributed by atoms with van der Waals surface area (Å²) in [6, 6.07) is 8.24. The number of anilines is 1. The number of aromatic nitrogens is 4. The van der Waals surface area contributed by atoms with E-state index in [4.69, 9.17) is 0 Å². The van der Waals surface area contributed by atoms with E-state index in [1.54, 1.807) is 36.1 Å². The van der Waals surface area contributed by atoms with Crippen molar-refractivity contribution in [1.29, 1.82) is 0 Å². The van der Waals surface area contributed by atoms with Crippen molar-refractivity contribution in [3.8, 4) is 11.3 Å². The van der Waals surface area contributed by atoms with Crippen LogP contribution in [0.1, 0.15) is 35.8 Å². The molecule has 1 saturated carbocycles. The van der Waals surface area contributed by atoms with Crippen molar-refractivity contribution in [3.63, 3.8) is 0 Å². The number of benzene rings is 1. The lowest BCUT2D eigenvalue weighted by atomic mass is 9.93. The first kappa shape index (κ1) is 15.6. The third-order valence-corrected chi connectivity index (χ3v) is 4.56. The maximum Gasteiger partial charge on any atom is 0.276 e. The monoisotopic (exact) mass is 339 g/mol. The largest absolute Gasteiger partial charge is 0.318 e. The number of hydrogen-bond donors (Lipinski definition) is 1. The number of carbonyl (C=O) groups is 1. The van der Waals surface area contributed by atoms with Gasteiger partial charge in [0.25, 0.3) is 5.91 Å². The van der Waals surface area contributed by atoms with Gasteiger partial charge in [-0.05, 0) is 55.2 Å². The zero-order valence-corrected chi connectivity index (χ0v) is 13.8. The minimum Gasteiger partial charge on any atom is -0.318 e. The molecule has 0 radical (unpaired) electrons. The Morgan fingerprint density at radius 1 is 1.28 bits per heavy atom. The molecule has 0 saturated heterocycles. The summed E-state index contributed by atoms with van der Waals surface area (Å²) in [5.74, 6) is -0.593. The van der Waals surface area contributed by atoms with Crippen molar-refractivity contribution in [2.24, 2.45) is 7.05 Å². The van der Waals surface area contributed by atoms with Crippen LogP contribution in [0.2, 0.25) is 0 Å². The zero-order valence-electron chi connectivity index (χ0n) is 13.8. The number of nitrogens with one attached hydrogen (secondary N) is 1. The Bertz CT molecular complexity index is 908. The Morgan fingerprint density at radius 2 is 2.04 bits per heavy atom. The molecule has 4 rings (SSSR count). The van der Waals surface area contributed by atoms with Gasteiger partial charge in [0.05, 0.1) is 23.6 Å². The van der Waals surface area contributed by atoms with Crippen molar-refractivity contribution < 1.29 is 9.18 Å². The van der Waals surface area contributed by atoms with E-state index < -0.39 is 0 Å². The summed E-state index contributed by atoms with van der Waals surface area (Å²) in [7, 11) is 1.75. The first-order valence-corrected chi connectivity index (χ1v) is 8.25. The lowest BCUT2D eigenvalue weighted by Crippen LogP contribution is -2.17. The summed E-state index contributed by atoms with van der Waals surface area (Å²) in [5.41, 5.74) is 2.51. The SMILES string of the molecule is Cn1nc(C(=O)Nc2cnn(C3CCC3)c2)cc1-c1ccc(F)cc1. The normalized spacial score (nSPS) is 14.3. The quantitative estimate of drug-likeness (QED) is 0.792. The summed E-state index contributed by atoms with van der Waals surface area (Å²) < 4.78 is 16.6. The topological polar surface area (TPSA) is 64.7 Å². The van der Waals surface area contributed by atoms with Crippen molar-refractivity contribution in [2.45, 2.75) is 25.3 Å². The number of nitrogens with zero attached hydrogens (tertiary/aromatic N) is 4. The standard InChI is InChI=1S/C18H18FN5O/c1-23-17(12-5-7-13(19)8-6-12)9-16(22-23)18(25)21-14-10-20-24(11-14)15-3-2-4-15/h5-11,15H,2-4H2,1H3,(H,21,25). The van der Waals surface area contributed by atoms with E-state index in [9.17, 15) is 9.18 Å². The van der Waals surface area contributed by atoms with E-state index in [0.29, 0.717) is 17.4 Å². The highest BCUT2D eigenvalue weighted by Gasteiger charge is 2.21. The van der Waals surface area contributed by atoms with E-state index >= 15 is 0 Å². The lowest BCUT2D eigenvalue weighted by Gasteiger charge is -2.25. The van der Waals surface area contributed by atoms with Gasteiger partial charge in [0.1, 0.15) is 5.82 Å². The fourth-order valence-corrected chi connectivity index (χ4v) is 2.92. The van der Waals surface area contributed by atoms with Crippen LogP contribution in [0.3, 0.4) is 0 Å². The summed E-state index contributed by atoms with van der Waals surface area (Å²) in [4.78, 5) is 12.4. The van der Waals surface area contributed by atoms with Crippen molar-refractivity contribution >= 4 is 11.6 Å². The van der Waals surface area contributed by atoms with E-state index in [2.05, 4.69) is 15.5 Å². The Labute approximate surface area is 144 Å². The van der Waals surface area contributed by atoms with Crippen molar-refractivity contribution in [3.05, 3.63) is 54.2 Å². The molecule has 128 valence electrons. The van der Waals surface area contributed by atoms with E-state index in [0.717, 1.165) is 24.1 Å². The van der Waals surface area contributed by atoms with Gasteiger partial charge in [-0.15, -0.1) is 0 Å². The molecule has 1 aliphatic rings. The van der Waals surface area contributed by atoms with Gasteiger partial charge < -0.3 is 5.32 Å². The highest BCUT2D eigenvalue weighted by atomic mass is 19.1. The minimum absolute atomic E-state index is 0.294. The summed E-state index contributed by atoms with van der Waals surface area (Å²) in [6.07, 6.45) is 7.00. The zero-order chi connectivity index (χ0) is 17.4. The molecule has 3 aromatic rings. The van der Waals surface area contributed by atoms with Gasteiger partial charge >= 0.3 is 0 Å². The molecule has 1 aliphatic carbocycles. The molecule has 0 atom stereocenters. The maximum absolute atomic E-state index is 13.1. The van der Waals surface area contributed by atoms with Crippen LogP contribution in [0.15, 0.2) is 42.7 Å². The Morgan fingerprint density at radius 3 is 2.72 bits per heavy atom. The number of rotatable bonds is 4. The first-order valence-electron chi connectivity index (χ1n) is 8.25. The molecule has 0 aliphatic heterocycles. The fourth-order valence-electron chi connectivity index (χ4n) is 2.92. The second-order valence-electron chi connectivity index (χ2n) is 6.29. The van der Waals surface area contributed by atoms with Gasteiger partial charge in [0, 0.05) is 13.2 Å². The van der Waals surface area contributed by atoms with Gasteiger partial charge in [-0.3, -0.25) is 14.2 Å². The molecule has 0 bridgehead atoms. The number of carbonyl (C=O) groups excluding carboxylic acids is 1. The number of halogens is 1. The van der Waals surface area contributed by atoms with Gasteiger partial charge in [-0.25, -0.2) is 4.39 Å². The van der Waals surface area contributed by atoms with Crippen LogP contribution in [0.5, 0.6) is 0 Å². The van der Waals surface area contributed by atoms with Gasteiger partial charge in [0.15, 0.2) is 5.69 Å². The van der Waals surface area contributed by atoms with Gasteiger partial charge in [0.2, 0.25) is 0 Å². The molecule has 1 amide bonds. The van der Waals surface area contributed by atoms with Crippen LogP contribution in [0, 0.1) is 5.82 Å². The Hall–Kier alpha value is -2.96. The third kappa shape index (κ3) is 3.05. The number of hydrogen-bond acceptors (Lipinski definition) is 3. The van der Waals surface area contributed by atoms with E-state index in [1.165, 1.54) is 18.6 Å². The Kier molecular flexibility index (Phi) is 3.83. The fraction of sp³-hybridized carbons (Fsp3) is 0.278. The molecular formula is C18H18FN5O. The molecule has 7 heteroatoms. The van der Waals surface area contributed by atoms with Crippen molar-refractivity contribution in [1.82, 2.24) is 19.6 Å². The lowest BCUT2D eigenvalue weighted by molar-refractivity contribution is 0.102. The molecule has 6 nitrogen and oxygen atoms in total. The second kappa shape index (κ2) is 6.16. The van der Waals surface area contributed by atoms with Crippen LogP contribution >= 0.6 is 0 Å². The minimum atomic E-state index is -0.299. The molecule has 2 heterocycles. The van der Waals surface area contributed by atoms with Gasteiger partial charge in [-0.2, -0.15) is 10.2 Å². The average molecular weight is 339 g/mol. The molecule has 25 heavy (non-hydrogen) atoms. The smallest absolute Gasteiger partial charge is 0.276 e. The molecule has 1 N–H and O–H groups in total. The summed E-state index contributed by atoms with van der Waals surface area (Å²) in [6.45, 7) is 0. The van der Waals surface area contributed by atoms with Gasteiger partial charge in [-0.1, -0.05) is 0 Å². The highest BCUT2D eigenvalue weighted by Crippen LogP contribution is 2.31. The predicted molar refractivity (Wildman–Crippen MR) is 91.7 cm³/mol. The molecule has 0 spiro atoms. The predicted octanol–water partition coefficient (Wildman–Crippen LogP) is 3.40. The molecule has 0 unspecified atom stereocenters. The Balaban J connectivity index is 1.51. The highest BCUT2D eigenvalue weighted by molar-refractivity contribution is 6.03. The molecule has 1 aromatic carbocycles. The third-order valence-electron chi connectivity index (χ3n) is 4.56. The van der Waals surface area contributed by atoms with Crippen molar-refractivity contribution in [2.75, 3.05) is 5.32 Å². The maximum atomic E-state index is 13.1. The van der Waals surface area contributed by atoms with Crippen LogP contribution in [0.25, 0.3) is 11.3 Å². The molecular weight excluding hydrogens is 321 g/mol. The summed E-state index contributed by atoms with van der Waals surface area (Å²) >= 11 is 0. The second-order valence-corrected chi connectivity index (χ2v) is 6.29. The van der Waals surface area contributed by atoms with Crippen LogP contribution < -0.4 is 5.32 Å². The first-order chi connectivity index (χ1) is 12.1. The molecule has 2 aromatic heterocycles. The van der Waals surface area contributed by atoms with Crippen LogP contribution in [0.4, 0.5) is 10.1 Å². The number of amides is 1. The van der Waals surface area contributed by atoms with Crippen LogP contribution in [-0.2, 0) is 7.05 Å². The van der Waals surface area contributed by atoms with E-state index in [-0.39, 0.29) is 11.7 Å². The van der Waals surface area contributed by atoms with E-state index in [1.807, 2.05) is 10.9 Å². The number of aryl methyl sites for hydroxylation is 1. The molecule has 1 fully saturated rings.